The molecule has 0 aromatic rings. The smallest absolute Gasteiger partial charge is 0.320 e. The van der Waals surface area contributed by atoms with Crippen molar-refractivity contribution in [2.45, 2.75) is 28.3 Å². The van der Waals surface area contributed by atoms with Crippen molar-refractivity contribution in [1.82, 2.24) is 0 Å². The molecule has 0 radical (unpaired) electrons. The first-order valence-electron chi connectivity index (χ1n) is 4.68. The van der Waals surface area contributed by atoms with Gasteiger partial charge in [-0.15, -0.1) is 0 Å². The lowest BCUT2D eigenvalue weighted by molar-refractivity contribution is -0.158. The Bertz CT molecular complexity index is 371. The first-order valence-corrected chi connectivity index (χ1v) is 6.51. The lowest BCUT2D eigenvalue weighted by atomic mass is 9.74. The molecule has 0 aliphatic carbocycles. The maximum Gasteiger partial charge on any atom is 0.320 e. The summed E-state index contributed by atoms with van der Waals surface area (Å²) in [5.74, 6) is -1.77. The lowest BCUT2D eigenvalue weighted by Gasteiger charge is -2.31. The second-order valence-corrected chi connectivity index (χ2v) is 6.40. The molecule has 6 atom stereocenters. The summed E-state index contributed by atoms with van der Waals surface area (Å²) in [5, 5.41) is 0. The van der Waals surface area contributed by atoms with Crippen LogP contribution in [0.3, 0.4) is 0 Å². The molecule has 3 aliphatic heterocycles. The minimum Gasteiger partial charge on any atom is -0.393 e. The monoisotopic (exact) mass is 338 g/mol. The average molecular weight is 340 g/mol. The standard InChI is InChI=1S/C9H8Br2O4/c1-9-3-2(7(12)14-8(3)13)5(15-9)4(10)6(9)11/h2-6H,1H3/t2-,3-,4+,5-,6-,9+/m0/s1. The van der Waals surface area contributed by atoms with Gasteiger partial charge in [0.1, 0.15) is 11.8 Å². The number of carbonyl (C=O) groups excluding carboxylic acids is 2. The molecule has 3 fully saturated rings. The maximum atomic E-state index is 11.6. The van der Waals surface area contributed by atoms with Gasteiger partial charge < -0.3 is 9.47 Å². The third-order valence-electron chi connectivity index (χ3n) is 3.59. The first kappa shape index (κ1) is 10.2. The van der Waals surface area contributed by atoms with E-state index in [4.69, 9.17) is 4.74 Å². The number of halogens is 2. The van der Waals surface area contributed by atoms with Crippen LogP contribution in [0.25, 0.3) is 0 Å². The van der Waals surface area contributed by atoms with E-state index >= 15 is 0 Å². The minimum atomic E-state index is -0.632. The molecule has 82 valence electrons. The molecule has 0 saturated carbocycles. The van der Waals surface area contributed by atoms with Gasteiger partial charge in [0.2, 0.25) is 0 Å². The number of rotatable bonds is 0. The summed E-state index contributed by atoms with van der Waals surface area (Å²) in [5.41, 5.74) is -0.632. The second-order valence-electron chi connectivity index (χ2n) is 4.36. The summed E-state index contributed by atoms with van der Waals surface area (Å²) in [6, 6.07) is 0. The Morgan fingerprint density at radius 2 is 1.93 bits per heavy atom. The molecule has 15 heavy (non-hydrogen) atoms. The molecule has 0 amide bonds. The van der Waals surface area contributed by atoms with Crippen LogP contribution in [0.2, 0.25) is 0 Å². The van der Waals surface area contributed by atoms with Gasteiger partial charge in [0.25, 0.3) is 0 Å². The van der Waals surface area contributed by atoms with Crippen LogP contribution in [0.15, 0.2) is 0 Å². The van der Waals surface area contributed by atoms with Gasteiger partial charge in [0.05, 0.1) is 21.4 Å². The molecule has 0 N–H and O–H groups in total. The fourth-order valence-electron chi connectivity index (χ4n) is 2.85. The second kappa shape index (κ2) is 2.84. The van der Waals surface area contributed by atoms with E-state index in [1.807, 2.05) is 6.92 Å². The number of hydrogen-bond acceptors (Lipinski definition) is 4. The molecule has 3 saturated heterocycles. The predicted octanol–water partition coefficient (Wildman–Crippen LogP) is 1.00. The number of carbonyl (C=O) groups is 2. The van der Waals surface area contributed by atoms with Crippen molar-refractivity contribution in [1.29, 1.82) is 0 Å². The number of ether oxygens (including phenoxy) is 2. The van der Waals surface area contributed by atoms with Crippen LogP contribution < -0.4 is 0 Å². The summed E-state index contributed by atoms with van der Waals surface area (Å²) >= 11 is 7.00. The van der Waals surface area contributed by atoms with E-state index < -0.39 is 29.4 Å². The van der Waals surface area contributed by atoms with Gasteiger partial charge in [-0.1, -0.05) is 31.9 Å². The number of esters is 2. The minimum absolute atomic E-state index is 0.0229. The number of alkyl halides is 2. The highest BCUT2D eigenvalue weighted by atomic mass is 79.9. The molecule has 3 heterocycles. The Kier molecular flexibility index (Phi) is 1.94. The van der Waals surface area contributed by atoms with E-state index in [0.717, 1.165) is 0 Å². The molecule has 3 rings (SSSR count). The number of fused-ring (bicyclic) bond motifs is 5. The molecule has 0 aromatic carbocycles. The number of cyclic esters (lactones) is 2. The van der Waals surface area contributed by atoms with Crippen molar-refractivity contribution in [2.75, 3.05) is 0 Å². The van der Waals surface area contributed by atoms with Crippen molar-refractivity contribution in [3.05, 3.63) is 0 Å². The maximum absolute atomic E-state index is 11.6. The van der Waals surface area contributed by atoms with Gasteiger partial charge in [0.15, 0.2) is 0 Å². The first-order chi connectivity index (χ1) is 6.97. The van der Waals surface area contributed by atoms with E-state index in [1.54, 1.807) is 0 Å². The van der Waals surface area contributed by atoms with E-state index in [-0.39, 0.29) is 15.8 Å². The molecular weight excluding hydrogens is 332 g/mol. The Morgan fingerprint density at radius 3 is 2.60 bits per heavy atom. The van der Waals surface area contributed by atoms with Gasteiger partial charge in [-0.2, -0.15) is 0 Å². The Hall–Kier alpha value is 0.0600. The van der Waals surface area contributed by atoms with Gasteiger partial charge in [-0.25, -0.2) is 0 Å². The quantitative estimate of drug-likeness (QED) is 0.375. The summed E-state index contributed by atoms with van der Waals surface area (Å²) < 4.78 is 10.4. The molecule has 2 bridgehead atoms. The molecule has 4 nitrogen and oxygen atoms in total. The molecule has 3 aliphatic rings. The third-order valence-corrected chi connectivity index (χ3v) is 6.83. The zero-order chi connectivity index (χ0) is 11.0. The van der Waals surface area contributed by atoms with E-state index in [0.29, 0.717) is 0 Å². The Morgan fingerprint density at radius 1 is 1.27 bits per heavy atom. The summed E-state index contributed by atoms with van der Waals surface area (Å²) in [4.78, 5) is 23.1. The predicted molar refractivity (Wildman–Crippen MR) is 56.8 cm³/mol. The fraction of sp³-hybridized carbons (Fsp3) is 0.778. The lowest BCUT2D eigenvalue weighted by Crippen LogP contribution is -2.49. The molecular formula is C9H8Br2O4. The van der Waals surface area contributed by atoms with E-state index in [9.17, 15) is 9.59 Å². The van der Waals surface area contributed by atoms with Crippen molar-refractivity contribution >= 4 is 43.8 Å². The fourth-order valence-corrected chi connectivity index (χ4v) is 4.50. The van der Waals surface area contributed by atoms with Crippen molar-refractivity contribution in [2.24, 2.45) is 11.8 Å². The van der Waals surface area contributed by atoms with Crippen LogP contribution >= 0.6 is 31.9 Å². The highest BCUT2D eigenvalue weighted by Crippen LogP contribution is 2.58. The molecule has 0 unspecified atom stereocenters. The van der Waals surface area contributed by atoms with Crippen LogP contribution in [0, 0.1) is 11.8 Å². The van der Waals surface area contributed by atoms with Crippen molar-refractivity contribution in [3.63, 3.8) is 0 Å². The van der Waals surface area contributed by atoms with E-state index in [1.165, 1.54) is 0 Å². The summed E-state index contributed by atoms with van der Waals surface area (Å²) in [6.45, 7) is 1.85. The van der Waals surface area contributed by atoms with Crippen LogP contribution in [-0.2, 0) is 19.1 Å². The van der Waals surface area contributed by atoms with Gasteiger partial charge in [0, 0.05) is 0 Å². The van der Waals surface area contributed by atoms with Gasteiger partial charge in [-0.05, 0) is 6.92 Å². The van der Waals surface area contributed by atoms with Crippen molar-refractivity contribution < 1.29 is 19.1 Å². The highest BCUT2D eigenvalue weighted by molar-refractivity contribution is 9.12. The van der Waals surface area contributed by atoms with Gasteiger partial charge >= 0.3 is 11.9 Å². The molecule has 6 heteroatoms. The van der Waals surface area contributed by atoms with Crippen LogP contribution in [0.5, 0.6) is 0 Å². The molecule has 0 spiro atoms. The van der Waals surface area contributed by atoms with Crippen molar-refractivity contribution in [3.8, 4) is 0 Å². The number of hydrogen-bond donors (Lipinski definition) is 0. The zero-order valence-electron chi connectivity index (χ0n) is 7.78. The summed E-state index contributed by atoms with van der Waals surface area (Å²) in [6.07, 6.45) is -0.261. The molecule has 0 aromatic heterocycles. The SMILES string of the molecule is C[C@]12O[C@H]([C@@H](Br)[C@@H]1Br)[C@H]1C(=O)OC(=O)[C@H]12. The van der Waals surface area contributed by atoms with Gasteiger partial charge in [-0.3, -0.25) is 9.59 Å². The normalized spacial score (nSPS) is 57.1. The van der Waals surface area contributed by atoms with E-state index in [2.05, 4.69) is 36.6 Å². The highest BCUT2D eigenvalue weighted by Gasteiger charge is 2.73. The largest absolute Gasteiger partial charge is 0.393 e. The van der Waals surface area contributed by atoms with Crippen LogP contribution in [0.1, 0.15) is 6.92 Å². The summed E-state index contributed by atoms with van der Waals surface area (Å²) in [7, 11) is 0. The Labute approximate surface area is 103 Å². The van der Waals surface area contributed by atoms with Crippen LogP contribution in [0.4, 0.5) is 0 Å². The average Bonchev–Trinajstić information content (AvgIpc) is 2.70. The topological polar surface area (TPSA) is 52.6 Å². The Balaban J connectivity index is 2.09. The van der Waals surface area contributed by atoms with Crippen LogP contribution in [-0.4, -0.2) is 33.3 Å². The third kappa shape index (κ3) is 1.01. The zero-order valence-corrected chi connectivity index (χ0v) is 10.9.